The largest absolute Gasteiger partial charge is 0.460 e. The van der Waals surface area contributed by atoms with Gasteiger partial charge in [-0.25, -0.2) is 0 Å². The number of carbonyl (C=O) groups is 1. The van der Waals surface area contributed by atoms with E-state index in [4.69, 9.17) is 28.2 Å². The number of allylic oxidation sites excluding steroid dienone is 2. The minimum atomic E-state index is -0.599. The van der Waals surface area contributed by atoms with Crippen molar-refractivity contribution in [2.24, 2.45) is 0 Å². The second kappa shape index (κ2) is 6.86. The van der Waals surface area contributed by atoms with Crippen molar-refractivity contribution in [1.29, 1.82) is 0 Å². The lowest BCUT2D eigenvalue weighted by atomic mass is 9.79. The highest BCUT2D eigenvalue weighted by atomic mass is 35.5. The smallest absolute Gasteiger partial charge is 0.258 e. The van der Waals surface area contributed by atoms with E-state index in [1.165, 1.54) is 0 Å². The zero-order chi connectivity index (χ0) is 20.1. The zero-order valence-electron chi connectivity index (χ0n) is 15.2. The average Bonchev–Trinajstić information content (AvgIpc) is 3.16. The maximum absolute atomic E-state index is 12.8. The number of halogens is 1. The Bertz CT molecular complexity index is 1300. The second-order valence-corrected chi connectivity index (χ2v) is 7.98. The molecule has 0 saturated heterocycles. The number of aromatic amines is 2. The van der Waals surface area contributed by atoms with Gasteiger partial charge >= 0.3 is 0 Å². The summed E-state index contributed by atoms with van der Waals surface area (Å²) in [6, 6.07) is 11.0. The fourth-order valence-electron chi connectivity index (χ4n) is 4.08. The molecule has 2 aromatic heterocycles. The Balaban J connectivity index is 1.71. The van der Waals surface area contributed by atoms with E-state index >= 15 is 0 Å². The zero-order valence-corrected chi connectivity index (χ0v) is 16.7. The molecule has 1 atom stereocenters. The topological polar surface area (TPSA) is 90.9 Å². The fraction of sp³-hybridized carbons (Fsp3) is 0.190. The van der Waals surface area contributed by atoms with Crippen LogP contribution in [0.1, 0.15) is 36.5 Å². The van der Waals surface area contributed by atoms with Crippen LogP contribution < -0.4 is 10.9 Å². The summed E-state index contributed by atoms with van der Waals surface area (Å²) >= 11 is 11.2. The molecule has 0 radical (unpaired) electrons. The summed E-state index contributed by atoms with van der Waals surface area (Å²) in [5.74, 6) is 1.09. The minimum Gasteiger partial charge on any atom is -0.460 e. The van der Waals surface area contributed by atoms with Crippen LogP contribution in [0.4, 0.5) is 5.82 Å². The Labute approximate surface area is 175 Å². The molecule has 1 aliphatic carbocycles. The van der Waals surface area contributed by atoms with Crippen molar-refractivity contribution in [3.8, 4) is 11.3 Å². The SMILES string of the molecule is O=C1CCCC2=C1C(c1ccc(-c3cccc(Cl)c3)o1)c1c([nH]c(=S)[nH]c1=O)N2. The highest BCUT2D eigenvalue weighted by molar-refractivity contribution is 7.71. The molecule has 2 aliphatic rings. The van der Waals surface area contributed by atoms with E-state index in [9.17, 15) is 9.59 Å². The summed E-state index contributed by atoms with van der Waals surface area (Å²) in [6.07, 6.45) is 1.95. The van der Waals surface area contributed by atoms with Gasteiger partial charge in [0.15, 0.2) is 10.6 Å². The third kappa shape index (κ3) is 3.07. The van der Waals surface area contributed by atoms with E-state index in [-0.39, 0.29) is 16.1 Å². The van der Waals surface area contributed by atoms with Crippen molar-refractivity contribution in [3.05, 3.63) is 79.1 Å². The first-order valence-corrected chi connectivity index (χ1v) is 10.1. The number of ketones is 1. The number of Topliss-reactive ketones (excluding diaryl/α,β-unsaturated/α-hetero) is 1. The molecular formula is C21H16ClN3O3S. The fourth-order valence-corrected chi connectivity index (χ4v) is 4.47. The molecule has 0 fully saturated rings. The number of aromatic nitrogens is 2. The van der Waals surface area contributed by atoms with E-state index in [1.807, 2.05) is 24.3 Å². The summed E-state index contributed by atoms with van der Waals surface area (Å²) in [5.41, 5.74) is 2.29. The summed E-state index contributed by atoms with van der Waals surface area (Å²) in [5, 5.41) is 3.82. The molecule has 0 saturated carbocycles. The molecule has 5 rings (SSSR count). The Morgan fingerprint density at radius 3 is 2.79 bits per heavy atom. The van der Waals surface area contributed by atoms with Gasteiger partial charge in [0.2, 0.25) is 0 Å². The lowest BCUT2D eigenvalue weighted by Gasteiger charge is -2.31. The Morgan fingerprint density at radius 1 is 1.10 bits per heavy atom. The van der Waals surface area contributed by atoms with Gasteiger partial charge in [-0.3, -0.25) is 14.6 Å². The highest BCUT2D eigenvalue weighted by Gasteiger charge is 2.39. The number of nitrogens with one attached hydrogen (secondary N) is 3. The summed E-state index contributed by atoms with van der Waals surface area (Å²) in [7, 11) is 0. The molecule has 146 valence electrons. The van der Waals surface area contributed by atoms with Crippen molar-refractivity contribution in [2.75, 3.05) is 5.32 Å². The number of furan rings is 1. The quantitative estimate of drug-likeness (QED) is 0.507. The first kappa shape index (κ1) is 18.1. The summed E-state index contributed by atoms with van der Waals surface area (Å²) in [6.45, 7) is 0. The van der Waals surface area contributed by atoms with Crippen LogP contribution >= 0.6 is 23.8 Å². The van der Waals surface area contributed by atoms with Crippen LogP contribution in [0.2, 0.25) is 5.02 Å². The summed E-state index contributed by atoms with van der Waals surface area (Å²) in [4.78, 5) is 31.2. The number of hydrogen-bond acceptors (Lipinski definition) is 5. The second-order valence-electron chi connectivity index (χ2n) is 7.14. The standard InChI is InChI=1S/C21H16ClN3O3S/c22-11-4-1-3-10(9-11)14-7-8-15(28-14)17-16-12(5-2-6-13(16)26)23-19-18(17)20(27)25-21(29)24-19/h1,3-4,7-9,17H,2,5-6H2,(H3,23,24,25,27,29). The maximum Gasteiger partial charge on any atom is 0.258 e. The van der Waals surface area contributed by atoms with Crippen molar-refractivity contribution in [2.45, 2.75) is 25.2 Å². The first-order chi connectivity index (χ1) is 14.0. The minimum absolute atomic E-state index is 0.0250. The number of H-pyrrole nitrogens is 2. The van der Waals surface area contributed by atoms with E-state index in [0.717, 1.165) is 24.1 Å². The van der Waals surface area contributed by atoms with Crippen LogP contribution in [-0.2, 0) is 4.79 Å². The highest BCUT2D eigenvalue weighted by Crippen LogP contribution is 2.44. The lowest BCUT2D eigenvalue weighted by molar-refractivity contribution is -0.116. The number of carbonyl (C=O) groups excluding carboxylic acids is 1. The van der Waals surface area contributed by atoms with E-state index in [0.29, 0.717) is 39.9 Å². The normalized spacial score (nSPS) is 18.2. The Morgan fingerprint density at radius 2 is 1.97 bits per heavy atom. The number of fused-ring (bicyclic) bond motifs is 1. The van der Waals surface area contributed by atoms with Gasteiger partial charge in [-0.2, -0.15) is 0 Å². The molecule has 1 aromatic carbocycles. The van der Waals surface area contributed by atoms with E-state index in [2.05, 4.69) is 15.3 Å². The third-order valence-electron chi connectivity index (χ3n) is 5.31. The molecule has 1 aliphatic heterocycles. The molecule has 3 aromatic rings. The predicted molar refractivity (Wildman–Crippen MR) is 113 cm³/mol. The van der Waals surface area contributed by atoms with Gasteiger partial charge in [-0.15, -0.1) is 0 Å². The predicted octanol–water partition coefficient (Wildman–Crippen LogP) is 4.91. The molecule has 6 nitrogen and oxygen atoms in total. The molecule has 8 heteroatoms. The first-order valence-electron chi connectivity index (χ1n) is 9.26. The van der Waals surface area contributed by atoms with Crippen molar-refractivity contribution >= 4 is 35.4 Å². The van der Waals surface area contributed by atoms with Crippen molar-refractivity contribution < 1.29 is 9.21 Å². The maximum atomic E-state index is 12.8. The van der Waals surface area contributed by atoms with Gasteiger partial charge in [0.25, 0.3) is 5.56 Å². The summed E-state index contributed by atoms with van der Waals surface area (Å²) < 4.78 is 6.37. The van der Waals surface area contributed by atoms with E-state index < -0.39 is 5.92 Å². The third-order valence-corrected chi connectivity index (χ3v) is 5.75. The molecule has 0 amide bonds. The van der Waals surface area contributed by atoms with Crippen LogP contribution in [0.3, 0.4) is 0 Å². The average molecular weight is 426 g/mol. The number of anilines is 1. The van der Waals surface area contributed by atoms with Gasteiger partial charge in [0.1, 0.15) is 17.3 Å². The van der Waals surface area contributed by atoms with E-state index in [1.54, 1.807) is 12.1 Å². The van der Waals surface area contributed by atoms with Gasteiger partial charge in [-0.1, -0.05) is 23.7 Å². The van der Waals surface area contributed by atoms with Crippen molar-refractivity contribution in [3.63, 3.8) is 0 Å². The number of benzene rings is 1. The van der Waals surface area contributed by atoms with Gasteiger partial charge in [0.05, 0.1) is 11.5 Å². The van der Waals surface area contributed by atoms with Crippen LogP contribution in [0.5, 0.6) is 0 Å². The molecule has 3 heterocycles. The number of hydrogen-bond donors (Lipinski definition) is 3. The number of rotatable bonds is 2. The molecule has 1 unspecified atom stereocenters. The Kier molecular flexibility index (Phi) is 4.29. The lowest BCUT2D eigenvalue weighted by Crippen LogP contribution is -2.32. The van der Waals surface area contributed by atoms with Crippen LogP contribution in [0, 0.1) is 4.77 Å². The molecule has 3 N–H and O–H groups in total. The molecule has 0 spiro atoms. The molecular weight excluding hydrogens is 410 g/mol. The molecule has 29 heavy (non-hydrogen) atoms. The van der Waals surface area contributed by atoms with Crippen LogP contribution in [0.15, 0.2) is 56.9 Å². The Hall–Kier alpha value is -2.90. The van der Waals surface area contributed by atoms with Crippen molar-refractivity contribution in [1.82, 2.24) is 9.97 Å². The van der Waals surface area contributed by atoms with Gasteiger partial charge in [-0.05, 0) is 49.3 Å². The van der Waals surface area contributed by atoms with Crippen LogP contribution in [-0.4, -0.2) is 15.8 Å². The van der Waals surface area contributed by atoms with Gasteiger partial charge in [0, 0.05) is 28.3 Å². The van der Waals surface area contributed by atoms with Crippen LogP contribution in [0.25, 0.3) is 11.3 Å². The monoisotopic (exact) mass is 425 g/mol. The molecule has 0 bridgehead atoms. The van der Waals surface area contributed by atoms with Gasteiger partial charge < -0.3 is 14.7 Å².